The van der Waals surface area contributed by atoms with Crippen molar-refractivity contribution in [2.75, 3.05) is 0 Å². The summed E-state index contributed by atoms with van der Waals surface area (Å²) in [5.74, 6) is 1.58. The standard InChI is InChI=1S/C19H28O3/c1-18-8-7-16-14(15(18)4-5-17(18)22)3-2-12-10-13(21)6-9-19(12,16)11-20/h10-11,13-17,21-22H,2-9H2,1H3/t13?,14-,15-,16-,17?,18-,19+/m0/s1. The molecule has 0 aromatic rings. The highest BCUT2D eigenvalue weighted by Gasteiger charge is 2.60. The van der Waals surface area contributed by atoms with Gasteiger partial charge in [0.15, 0.2) is 0 Å². The normalized spacial score (nSPS) is 54.0. The van der Waals surface area contributed by atoms with Crippen molar-refractivity contribution in [3.63, 3.8) is 0 Å². The van der Waals surface area contributed by atoms with Crippen LogP contribution in [-0.4, -0.2) is 28.7 Å². The fraction of sp³-hybridized carbons (Fsp3) is 0.842. The summed E-state index contributed by atoms with van der Waals surface area (Å²) < 4.78 is 0. The fourth-order valence-electron chi connectivity index (χ4n) is 6.60. The summed E-state index contributed by atoms with van der Waals surface area (Å²) in [5.41, 5.74) is 0.974. The summed E-state index contributed by atoms with van der Waals surface area (Å²) in [4.78, 5) is 12.1. The van der Waals surface area contributed by atoms with Gasteiger partial charge in [-0.1, -0.05) is 18.6 Å². The van der Waals surface area contributed by atoms with Gasteiger partial charge in [-0.25, -0.2) is 0 Å². The lowest BCUT2D eigenvalue weighted by Crippen LogP contribution is -2.53. The van der Waals surface area contributed by atoms with E-state index < -0.39 is 0 Å². The number of allylic oxidation sites excluding steroid dienone is 1. The molecule has 22 heavy (non-hydrogen) atoms. The number of rotatable bonds is 1. The van der Waals surface area contributed by atoms with Crippen molar-refractivity contribution in [3.05, 3.63) is 11.6 Å². The molecule has 0 aliphatic heterocycles. The molecule has 0 heterocycles. The molecule has 122 valence electrons. The number of hydrogen-bond donors (Lipinski definition) is 2. The van der Waals surface area contributed by atoms with Crippen molar-refractivity contribution >= 4 is 6.29 Å². The van der Waals surface area contributed by atoms with Crippen molar-refractivity contribution in [2.45, 2.75) is 70.5 Å². The van der Waals surface area contributed by atoms with Crippen molar-refractivity contribution in [2.24, 2.45) is 28.6 Å². The number of aliphatic hydroxyl groups is 2. The molecule has 0 aromatic heterocycles. The second kappa shape index (κ2) is 4.91. The van der Waals surface area contributed by atoms with Gasteiger partial charge in [0.1, 0.15) is 6.29 Å². The monoisotopic (exact) mass is 304 g/mol. The van der Waals surface area contributed by atoms with Gasteiger partial charge < -0.3 is 15.0 Å². The first-order valence-electron chi connectivity index (χ1n) is 9.05. The summed E-state index contributed by atoms with van der Waals surface area (Å²) in [6, 6.07) is 0. The third-order valence-corrected chi connectivity index (χ3v) is 7.85. The molecule has 3 fully saturated rings. The minimum absolute atomic E-state index is 0.0701. The molecule has 4 aliphatic rings. The quantitative estimate of drug-likeness (QED) is 0.578. The van der Waals surface area contributed by atoms with Crippen LogP contribution in [0, 0.1) is 28.6 Å². The van der Waals surface area contributed by atoms with Gasteiger partial charge in [0, 0.05) is 0 Å². The van der Waals surface area contributed by atoms with E-state index in [-0.39, 0.29) is 23.0 Å². The molecule has 0 spiro atoms. The molecule has 3 nitrogen and oxygen atoms in total. The first-order valence-corrected chi connectivity index (χ1v) is 9.05. The molecule has 0 aromatic carbocycles. The molecule has 0 radical (unpaired) electrons. The zero-order valence-electron chi connectivity index (χ0n) is 13.5. The van der Waals surface area contributed by atoms with Crippen LogP contribution in [0.5, 0.6) is 0 Å². The van der Waals surface area contributed by atoms with Crippen molar-refractivity contribution in [1.82, 2.24) is 0 Å². The Morgan fingerprint density at radius 2 is 1.91 bits per heavy atom. The molecule has 2 unspecified atom stereocenters. The van der Waals surface area contributed by atoms with Crippen LogP contribution in [0.25, 0.3) is 0 Å². The summed E-state index contributed by atoms with van der Waals surface area (Å²) in [6.07, 6.45) is 10.5. The Labute approximate surface area is 132 Å². The molecule has 0 amide bonds. The van der Waals surface area contributed by atoms with Gasteiger partial charge in [-0.2, -0.15) is 0 Å². The number of carbonyl (C=O) groups is 1. The van der Waals surface area contributed by atoms with Gasteiger partial charge in [-0.15, -0.1) is 0 Å². The third kappa shape index (κ3) is 1.78. The van der Waals surface area contributed by atoms with Crippen molar-refractivity contribution in [1.29, 1.82) is 0 Å². The summed E-state index contributed by atoms with van der Waals surface area (Å²) in [7, 11) is 0. The Hall–Kier alpha value is -0.670. The van der Waals surface area contributed by atoms with Crippen LogP contribution < -0.4 is 0 Å². The van der Waals surface area contributed by atoms with Crippen LogP contribution in [-0.2, 0) is 4.79 Å². The van der Waals surface area contributed by atoms with Gasteiger partial charge in [-0.05, 0) is 74.5 Å². The van der Waals surface area contributed by atoms with E-state index in [9.17, 15) is 15.0 Å². The predicted octanol–water partition coefficient (Wildman–Crippen LogP) is 2.85. The maximum Gasteiger partial charge on any atom is 0.130 e. The number of aliphatic hydroxyl groups excluding tert-OH is 2. The first-order chi connectivity index (χ1) is 10.5. The third-order valence-electron chi connectivity index (χ3n) is 7.85. The molecule has 3 heteroatoms. The molecule has 7 atom stereocenters. The minimum Gasteiger partial charge on any atom is -0.393 e. The van der Waals surface area contributed by atoms with Gasteiger partial charge in [0.25, 0.3) is 0 Å². The molecule has 4 rings (SSSR count). The topological polar surface area (TPSA) is 57.5 Å². The molecular weight excluding hydrogens is 276 g/mol. The molecular formula is C19H28O3. The van der Waals surface area contributed by atoms with Crippen LogP contribution in [0.4, 0.5) is 0 Å². The zero-order valence-corrected chi connectivity index (χ0v) is 13.5. The van der Waals surface area contributed by atoms with Crippen LogP contribution in [0.15, 0.2) is 11.6 Å². The molecule has 0 bridgehead atoms. The lowest BCUT2D eigenvalue weighted by Gasteiger charge is -2.57. The largest absolute Gasteiger partial charge is 0.393 e. The van der Waals surface area contributed by atoms with E-state index in [0.29, 0.717) is 17.8 Å². The van der Waals surface area contributed by atoms with Crippen LogP contribution in [0.3, 0.4) is 0 Å². The Morgan fingerprint density at radius 1 is 1.09 bits per heavy atom. The Balaban J connectivity index is 1.71. The minimum atomic E-state index is -0.359. The highest BCUT2D eigenvalue weighted by molar-refractivity contribution is 5.67. The molecule has 4 aliphatic carbocycles. The van der Waals surface area contributed by atoms with E-state index in [0.717, 1.165) is 51.4 Å². The van der Waals surface area contributed by atoms with E-state index in [4.69, 9.17) is 0 Å². The van der Waals surface area contributed by atoms with E-state index in [1.807, 2.05) is 6.08 Å². The SMILES string of the molecule is C[C@]12CC[C@H]3[C@@H](CCC4=CC(O)CC[C@@]43C=O)[C@@H]1CCC2O. The van der Waals surface area contributed by atoms with Crippen LogP contribution in [0.1, 0.15) is 58.3 Å². The molecule has 0 saturated heterocycles. The molecule has 2 N–H and O–H groups in total. The van der Waals surface area contributed by atoms with E-state index in [1.54, 1.807) is 0 Å². The lowest BCUT2D eigenvalue weighted by atomic mass is 9.47. The number of carbonyl (C=O) groups excluding carboxylic acids is 1. The Morgan fingerprint density at radius 3 is 2.68 bits per heavy atom. The Kier molecular flexibility index (Phi) is 3.32. The van der Waals surface area contributed by atoms with Crippen molar-refractivity contribution in [3.8, 4) is 0 Å². The van der Waals surface area contributed by atoms with Gasteiger partial charge in [0.2, 0.25) is 0 Å². The van der Waals surface area contributed by atoms with Gasteiger partial charge >= 0.3 is 0 Å². The highest BCUT2D eigenvalue weighted by atomic mass is 16.3. The summed E-state index contributed by atoms with van der Waals surface area (Å²) >= 11 is 0. The van der Waals surface area contributed by atoms with Crippen LogP contribution in [0.2, 0.25) is 0 Å². The molecule has 3 saturated carbocycles. The average molecular weight is 304 g/mol. The Bertz CT molecular complexity index is 513. The van der Waals surface area contributed by atoms with Gasteiger partial charge in [0.05, 0.1) is 17.6 Å². The number of aldehydes is 1. The van der Waals surface area contributed by atoms with Crippen LogP contribution >= 0.6 is 0 Å². The second-order valence-corrected chi connectivity index (χ2v) is 8.51. The maximum atomic E-state index is 12.1. The van der Waals surface area contributed by atoms with E-state index >= 15 is 0 Å². The fourth-order valence-corrected chi connectivity index (χ4v) is 6.60. The summed E-state index contributed by atoms with van der Waals surface area (Å²) in [6.45, 7) is 2.27. The van der Waals surface area contributed by atoms with E-state index in [1.165, 1.54) is 11.9 Å². The van der Waals surface area contributed by atoms with Crippen molar-refractivity contribution < 1.29 is 15.0 Å². The predicted molar refractivity (Wildman–Crippen MR) is 84.1 cm³/mol. The zero-order chi connectivity index (χ0) is 15.5. The van der Waals surface area contributed by atoms with Gasteiger partial charge in [-0.3, -0.25) is 0 Å². The highest BCUT2D eigenvalue weighted by Crippen LogP contribution is 2.64. The second-order valence-electron chi connectivity index (χ2n) is 8.51. The average Bonchev–Trinajstić information content (AvgIpc) is 2.82. The lowest BCUT2D eigenvalue weighted by molar-refractivity contribution is -0.128. The maximum absolute atomic E-state index is 12.1. The number of fused-ring (bicyclic) bond motifs is 5. The smallest absolute Gasteiger partial charge is 0.130 e. The van der Waals surface area contributed by atoms with E-state index in [2.05, 4.69) is 6.92 Å². The first kappa shape index (κ1) is 14.9. The summed E-state index contributed by atoms with van der Waals surface area (Å²) in [5, 5.41) is 20.4. The number of hydrogen-bond acceptors (Lipinski definition) is 3.